The van der Waals surface area contributed by atoms with Crippen molar-refractivity contribution in [2.24, 2.45) is 0 Å². The van der Waals surface area contributed by atoms with Gasteiger partial charge >= 0.3 is 0 Å². The summed E-state index contributed by atoms with van der Waals surface area (Å²) in [4.78, 5) is 15.4. The topological polar surface area (TPSA) is 101 Å². The Balaban J connectivity index is 1.67. The van der Waals surface area contributed by atoms with Crippen molar-refractivity contribution in [3.63, 3.8) is 0 Å². The number of fused-ring (bicyclic) bond motifs is 1. The predicted molar refractivity (Wildman–Crippen MR) is 139 cm³/mol. The molecule has 2 N–H and O–H groups in total. The van der Waals surface area contributed by atoms with Gasteiger partial charge in [-0.25, -0.2) is 0 Å². The molecule has 5 rings (SSSR count). The van der Waals surface area contributed by atoms with Crippen LogP contribution in [0.5, 0.6) is 17.2 Å². The maximum absolute atomic E-state index is 13.6. The molecule has 0 saturated carbocycles. The van der Waals surface area contributed by atoms with Gasteiger partial charge in [0.2, 0.25) is 0 Å². The fraction of sp³-hybridized carbons (Fsp3) is 0.286. The molecule has 192 valence electrons. The molecule has 0 spiro atoms. The van der Waals surface area contributed by atoms with E-state index < -0.39 is 6.04 Å². The normalized spacial score (nSPS) is 14.8. The van der Waals surface area contributed by atoms with Gasteiger partial charge in [-0.15, -0.1) is 0 Å². The third-order valence-corrected chi connectivity index (χ3v) is 6.75. The first-order valence-corrected chi connectivity index (χ1v) is 12.6. The van der Waals surface area contributed by atoms with E-state index in [0.29, 0.717) is 58.0 Å². The van der Waals surface area contributed by atoms with Gasteiger partial charge in [0, 0.05) is 16.1 Å². The lowest BCUT2D eigenvalue weighted by Gasteiger charge is -2.26. The molecule has 0 bridgehead atoms. The van der Waals surface area contributed by atoms with Crippen LogP contribution in [0.1, 0.15) is 59.2 Å². The highest BCUT2D eigenvalue weighted by Gasteiger charge is 2.43. The van der Waals surface area contributed by atoms with Crippen molar-refractivity contribution < 1.29 is 23.8 Å². The lowest BCUT2D eigenvalue weighted by molar-refractivity contribution is 0.0716. The highest BCUT2D eigenvalue weighted by Crippen LogP contribution is 2.47. The van der Waals surface area contributed by atoms with Gasteiger partial charge in [-0.3, -0.25) is 9.89 Å². The molecule has 0 aliphatic carbocycles. The third kappa shape index (κ3) is 4.53. The number of benzene rings is 2. The number of rotatable bonds is 9. The minimum atomic E-state index is -0.528. The molecular weight excluding hydrogens is 494 g/mol. The standard InChI is InChI=1S/C28H28ClN3O5/c1-4-10-37-22-9-8-17(13-23(22)35-5-2)27-24-25(19-14-20(29)16(3)12-21(19)33)30-31-26(24)28(34)32(27)15-18-7-6-11-36-18/h6-9,11-14,27,33H,4-5,10,15H2,1-3H3,(H,30,31). The van der Waals surface area contributed by atoms with E-state index in [1.807, 2.05) is 45.0 Å². The molecule has 0 radical (unpaired) electrons. The number of H-pyrrole nitrogens is 1. The molecule has 9 heteroatoms. The summed E-state index contributed by atoms with van der Waals surface area (Å²) in [7, 11) is 0. The number of nitrogens with zero attached hydrogens (tertiary/aromatic N) is 2. The molecule has 37 heavy (non-hydrogen) atoms. The maximum Gasteiger partial charge on any atom is 0.273 e. The second kappa shape index (κ2) is 10.2. The van der Waals surface area contributed by atoms with Crippen molar-refractivity contribution in [1.29, 1.82) is 0 Å². The Bertz CT molecular complexity index is 1430. The van der Waals surface area contributed by atoms with Crippen molar-refractivity contribution >= 4 is 17.5 Å². The quantitative estimate of drug-likeness (QED) is 0.269. The number of phenols is 1. The van der Waals surface area contributed by atoms with E-state index >= 15 is 0 Å². The number of carbonyl (C=O) groups is 1. The van der Waals surface area contributed by atoms with Crippen LogP contribution in [0.25, 0.3) is 11.3 Å². The summed E-state index contributed by atoms with van der Waals surface area (Å²) < 4.78 is 17.4. The molecule has 4 aromatic rings. The van der Waals surface area contributed by atoms with Gasteiger partial charge in [0.15, 0.2) is 11.5 Å². The molecule has 1 aliphatic rings. The number of amides is 1. The number of phenolic OH excluding ortho intramolecular Hbond substituents is 1. The summed E-state index contributed by atoms with van der Waals surface area (Å²) in [6.07, 6.45) is 2.45. The van der Waals surface area contributed by atoms with Gasteiger partial charge in [-0.1, -0.05) is 24.6 Å². The molecule has 1 aliphatic heterocycles. The Kier molecular flexibility index (Phi) is 6.84. The van der Waals surface area contributed by atoms with Crippen molar-refractivity contribution in [1.82, 2.24) is 15.1 Å². The predicted octanol–water partition coefficient (Wildman–Crippen LogP) is 6.27. The van der Waals surface area contributed by atoms with E-state index in [9.17, 15) is 9.90 Å². The number of hydrogen-bond acceptors (Lipinski definition) is 6. The summed E-state index contributed by atoms with van der Waals surface area (Å²) in [6, 6.07) is 12.0. The SMILES string of the molecule is CCCOc1ccc(C2c3c(-c4cc(Cl)c(C)cc4O)n[nH]c3C(=O)N2Cc2ccco2)cc1OCC. The van der Waals surface area contributed by atoms with Gasteiger partial charge in [-0.2, -0.15) is 5.10 Å². The Morgan fingerprint density at radius 2 is 2.00 bits per heavy atom. The molecule has 0 saturated heterocycles. The summed E-state index contributed by atoms with van der Waals surface area (Å²) in [5.41, 5.74) is 3.46. The molecule has 1 unspecified atom stereocenters. The zero-order valence-electron chi connectivity index (χ0n) is 20.9. The minimum absolute atomic E-state index is 0.0326. The van der Waals surface area contributed by atoms with E-state index in [1.54, 1.807) is 29.4 Å². The second-order valence-corrected chi connectivity index (χ2v) is 9.29. The van der Waals surface area contributed by atoms with E-state index in [2.05, 4.69) is 10.2 Å². The van der Waals surface area contributed by atoms with Gasteiger partial charge in [0.05, 0.1) is 32.1 Å². The summed E-state index contributed by atoms with van der Waals surface area (Å²) >= 11 is 6.40. The van der Waals surface area contributed by atoms with Crippen molar-refractivity contribution in [2.45, 2.75) is 39.8 Å². The van der Waals surface area contributed by atoms with Gasteiger partial charge in [0.1, 0.15) is 22.9 Å². The number of nitrogens with one attached hydrogen (secondary N) is 1. The van der Waals surface area contributed by atoms with Crippen LogP contribution in [-0.2, 0) is 6.54 Å². The average molecular weight is 522 g/mol. The van der Waals surface area contributed by atoms with Crippen LogP contribution in [0, 0.1) is 6.92 Å². The first kappa shape index (κ1) is 24.8. The van der Waals surface area contributed by atoms with Crippen LogP contribution < -0.4 is 9.47 Å². The molecular formula is C28H28ClN3O5. The molecule has 1 amide bonds. The fourth-order valence-electron chi connectivity index (χ4n) is 4.63. The third-order valence-electron chi connectivity index (χ3n) is 6.35. The van der Waals surface area contributed by atoms with Crippen LogP contribution in [0.4, 0.5) is 0 Å². The Hall–Kier alpha value is -3.91. The zero-order valence-corrected chi connectivity index (χ0v) is 21.6. The van der Waals surface area contributed by atoms with Crippen molar-refractivity contribution in [3.05, 3.63) is 81.9 Å². The number of carbonyl (C=O) groups excluding carboxylic acids is 1. The zero-order chi connectivity index (χ0) is 26.1. The summed E-state index contributed by atoms with van der Waals surface area (Å²) in [5, 5.41) is 18.6. The van der Waals surface area contributed by atoms with Crippen molar-refractivity contribution in [2.75, 3.05) is 13.2 Å². The van der Waals surface area contributed by atoms with Gasteiger partial charge < -0.3 is 23.9 Å². The molecule has 8 nitrogen and oxygen atoms in total. The molecule has 1 atom stereocenters. The second-order valence-electron chi connectivity index (χ2n) is 8.88. The minimum Gasteiger partial charge on any atom is -0.507 e. The van der Waals surface area contributed by atoms with Gasteiger partial charge in [-0.05, 0) is 67.8 Å². The molecule has 2 aromatic carbocycles. The number of hydrogen-bond donors (Lipinski definition) is 2. The Labute approximate surface area is 219 Å². The monoisotopic (exact) mass is 521 g/mol. The molecule has 2 aromatic heterocycles. The van der Waals surface area contributed by atoms with Gasteiger partial charge in [0.25, 0.3) is 5.91 Å². The highest BCUT2D eigenvalue weighted by molar-refractivity contribution is 6.31. The van der Waals surface area contributed by atoms with Crippen molar-refractivity contribution in [3.8, 4) is 28.5 Å². The number of aromatic hydroxyl groups is 1. The van der Waals surface area contributed by atoms with Crippen LogP contribution in [0.3, 0.4) is 0 Å². The smallest absolute Gasteiger partial charge is 0.273 e. The number of aryl methyl sites for hydroxylation is 1. The Morgan fingerprint density at radius 3 is 2.73 bits per heavy atom. The number of ether oxygens (including phenoxy) is 2. The molecule has 3 heterocycles. The summed E-state index contributed by atoms with van der Waals surface area (Å²) in [5.74, 6) is 1.69. The van der Waals surface area contributed by atoms with Crippen LogP contribution in [0.15, 0.2) is 53.1 Å². The van der Waals surface area contributed by atoms with Crippen LogP contribution in [-0.4, -0.2) is 39.3 Å². The average Bonchev–Trinajstić information content (AvgIpc) is 3.60. The number of aromatic amines is 1. The van der Waals surface area contributed by atoms with Crippen LogP contribution >= 0.6 is 11.6 Å². The number of aromatic nitrogens is 2. The Morgan fingerprint density at radius 1 is 1.16 bits per heavy atom. The van der Waals surface area contributed by atoms with Crippen LogP contribution in [0.2, 0.25) is 5.02 Å². The van der Waals surface area contributed by atoms with E-state index in [4.69, 9.17) is 25.5 Å². The maximum atomic E-state index is 13.6. The lowest BCUT2D eigenvalue weighted by atomic mass is 9.95. The largest absolute Gasteiger partial charge is 0.507 e. The highest BCUT2D eigenvalue weighted by atomic mass is 35.5. The van der Waals surface area contributed by atoms with E-state index in [1.165, 1.54) is 0 Å². The summed E-state index contributed by atoms with van der Waals surface area (Å²) in [6.45, 7) is 7.04. The molecule has 0 fully saturated rings. The fourth-order valence-corrected chi connectivity index (χ4v) is 4.80. The van der Waals surface area contributed by atoms with E-state index in [0.717, 1.165) is 17.5 Å². The lowest BCUT2D eigenvalue weighted by Crippen LogP contribution is -2.29. The number of halogens is 1. The van der Waals surface area contributed by atoms with E-state index in [-0.39, 0.29) is 18.2 Å². The number of furan rings is 1. The first-order chi connectivity index (χ1) is 17.9. The first-order valence-electron chi connectivity index (χ1n) is 12.2.